The maximum Gasteiger partial charge on any atom is 0.119 e. The lowest BCUT2D eigenvalue weighted by Gasteiger charge is -2.47. The largest absolute Gasteiger partial charge is 0.497 e. The minimum Gasteiger partial charge on any atom is -0.497 e. The van der Waals surface area contributed by atoms with Crippen LogP contribution in [0.25, 0.3) is 0 Å². The van der Waals surface area contributed by atoms with E-state index in [1.807, 2.05) is 12.1 Å². The molecule has 0 bridgehead atoms. The third kappa shape index (κ3) is 4.05. The summed E-state index contributed by atoms with van der Waals surface area (Å²) in [5.74, 6) is 2.15. The van der Waals surface area contributed by atoms with Crippen molar-refractivity contribution in [1.82, 2.24) is 4.90 Å². The Labute approximate surface area is 184 Å². The molecule has 4 nitrogen and oxygen atoms in total. The number of anilines is 1. The van der Waals surface area contributed by atoms with Crippen LogP contribution in [0.3, 0.4) is 0 Å². The van der Waals surface area contributed by atoms with Crippen LogP contribution in [0.5, 0.6) is 5.75 Å². The first-order valence-corrected chi connectivity index (χ1v) is 11.6. The van der Waals surface area contributed by atoms with Crippen molar-refractivity contribution in [2.75, 3.05) is 32.1 Å². The molecule has 0 aliphatic carbocycles. The van der Waals surface area contributed by atoms with Crippen molar-refractivity contribution in [1.29, 1.82) is 0 Å². The molecule has 2 aromatic carbocycles. The van der Waals surface area contributed by atoms with Gasteiger partial charge in [-0.15, -0.1) is 0 Å². The van der Waals surface area contributed by atoms with Gasteiger partial charge in [-0.3, -0.25) is 4.90 Å². The lowest BCUT2D eigenvalue weighted by molar-refractivity contribution is -0.0474. The van der Waals surface area contributed by atoms with E-state index in [0.29, 0.717) is 17.9 Å². The fourth-order valence-electron chi connectivity index (χ4n) is 5.60. The fourth-order valence-corrected chi connectivity index (χ4v) is 5.73. The highest BCUT2D eigenvalue weighted by Crippen LogP contribution is 2.47. The number of halogens is 1. The Morgan fingerprint density at radius 2 is 1.90 bits per heavy atom. The van der Waals surface area contributed by atoms with Gasteiger partial charge in [0.05, 0.1) is 13.2 Å². The van der Waals surface area contributed by atoms with Crippen molar-refractivity contribution < 1.29 is 9.47 Å². The Balaban J connectivity index is 1.28. The van der Waals surface area contributed by atoms with Gasteiger partial charge in [-0.1, -0.05) is 23.7 Å². The molecule has 5 heteroatoms. The van der Waals surface area contributed by atoms with Crippen molar-refractivity contribution in [2.24, 2.45) is 11.8 Å². The second-order valence-corrected chi connectivity index (χ2v) is 9.40. The first-order chi connectivity index (χ1) is 14.7. The zero-order chi connectivity index (χ0) is 20.5. The van der Waals surface area contributed by atoms with E-state index in [1.165, 1.54) is 36.1 Å². The van der Waals surface area contributed by atoms with Gasteiger partial charge in [0.2, 0.25) is 0 Å². The van der Waals surface area contributed by atoms with Gasteiger partial charge in [0, 0.05) is 41.4 Å². The molecule has 30 heavy (non-hydrogen) atoms. The molecule has 3 aliphatic rings. The summed E-state index contributed by atoms with van der Waals surface area (Å²) in [6.45, 7) is 4.18. The molecule has 160 valence electrons. The molecule has 0 amide bonds. The van der Waals surface area contributed by atoms with Gasteiger partial charge >= 0.3 is 0 Å². The Morgan fingerprint density at radius 3 is 2.67 bits per heavy atom. The number of fused-ring (bicyclic) bond motifs is 3. The minimum absolute atomic E-state index is 0.196. The van der Waals surface area contributed by atoms with Gasteiger partial charge in [0.15, 0.2) is 0 Å². The average Bonchev–Trinajstić information content (AvgIpc) is 2.80. The van der Waals surface area contributed by atoms with E-state index >= 15 is 0 Å². The van der Waals surface area contributed by atoms with Crippen molar-refractivity contribution >= 4 is 17.3 Å². The summed E-state index contributed by atoms with van der Waals surface area (Å²) in [5.41, 5.74) is 3.85. The number of rotatable bonds is 4. The molecule has 3 atom stereocenters. The molecule has 0 aromatic heterocycles. The summed E-state index contributed by atoms with van der Waals surface area (Å²) in [7, 11) is 1.73. The van der Waals surface area contributed by atoms with Gasteiger partial charge < -0.3 is 14.8 Å². The maximum absolute atomic E-state index is 6.32. The second kappa shape index (κ2) is 8.78. The molecule has 0 spiro atoms. The predicted octanol–water partition coefficient (Wildman–Crippen LogP) is 5.52. The van der Waals surface area contributed by atoms with E-state index in [-0.39, 0.29) is 6.10 Å². The second-order valence-electron chi connectivity index (χ2n) is 8.96. The van der Waals surface area contributed by atoms with Crippen LogP contribution in [0.2, 0.25) is 5.02 Å². The molecule has 0 saturated carbocycles. The highest BCUT2D eigenvalue weighted by Gasteiger charge is 2.43. The van der Waals surface area contributed by atoms with Crippen LogP contribution in [-0.2, 0) is 11.3 Å². The summed E-state index contributed by atoms with van der Waals surface area (Å²) in [5, 5.41) is 4.73. The van der Waals surface area contributed by atoms with Crippen molar-refractivity contribution in [3.05, 3.63) is 58.6 Å². The van der Waals surface area contributed by atoms with Crippen LogP contribution in [-0.4, -0.2) is 37.7 Å². The number of nitrogens with zero attached hydrogens (tertiary/aromatic N) is 1. The molecular weight excluding hydrogens is 396 g/mol. The third-order valence-corrected chi connectivity index (χ3v) is 7.43. The summed E-state index contributed by atoms with van der Waals surface area (Å²) >= 11 is 6.03. The SMILES string of the molecule is COc1ccc2c(c1)C1OCCC[C@H]1[C@@H](C1CCN(Cc3ccc(Cl)cc3)CC1)N2. The molecular formula is C25H31ClN2O2. The van der Waals surface area contributed by atoms with E-state index in [9.17, 15) is 0 Å². The van der Waals surface area contributed by atoms with Crippen LogP contribution >= 0.6 is 11.6 Å². The van der Waals surface area contributed by atoms with Gasteiger partial charge in [0.25, 0.3) is 0 Å². The zero-order valence-corrected chi connectivity index (χ0v) is 18.4. The van der Waals surface area contributed by atoms with Crippen LogP contribution in [0.15, 0.2) is 42.5 Å². The highest BCUT2D eigenvalue weighted by atomic mass is 35.5. The van der Waals surface area contributed by atoms with Gasteiger partial charge in [-0.2, -0.15) is 0 Å². The highest BCUT2D eigenvalue weighted by molar-refractivity contribution is 6.30. The Morgan fingerprint density at radius 1 is 1.10 bits per heavy atom. The number of piperidine rings is 1. The quantitative estimate of drug-likeness (QED) is 0.697. The van der Waals surface area contributed by atoms with E-state index in [1.54, 1.807) is 7.11 Å². The molecule has 3 heterocycles. The van der Waals surface area contributed by atoms with Crippen molar-refractivity contribution in [3.8, 4) is 5.75 Å². The first-order valence-electron chi connectivity index (χ1n) is 11.2. The maximum atomic E-state index is 6.32. The molecule has 2 aromatic rings. The molecule has 1 unspecified atom stereocenters. The standard InChI is InChI=1S/C25H31ClN2O2/c1-29-20-8-9-23-22(15-20)25-21(3-2-14-30-25)24(27-23)18-10-12-28(13-11-18)16-17-4-6-19(26)7-5-17/h4-9,15,18,21,24-25,27H,2-3,10-14,16H2,1H3/t21-,24+,25?/m0/s1. The number of hydrogen-bond donors (Lipinski definition) is 1. The zero-order valence-electron chi connectivity index (χ0n) is 17.6. The number of ether oxygens (including phenoxy) is 2. The number of methoxy groups -OCH3 is 1. The number of nitrogens with one attached hydrogen (secondary N) is 1. The number of likely N-dealkylation sites (tertiary alicyclic amines) is 1. The van der Waals surface area contributed by atoms with Crippen molar-refractivity contribution in [3.63, 3.8) is 0 Å². The van der Waals surface area contributed by atoms with Crippen LogP contribution in [0.1, 0.15) is 42.9 Å². The van der Waals surface area contributed by atoms with E-state index in [4.69, 9.17) is 21.1 Å². The Bertz CT molecular complexity index is 864. The number of benzene rings is 2. The van der Waals surface area contributed by atoms with E-state index in [0.717, 1.165) is 43.4 Å². The van der Waals surface area contributed by atoms with Gasteiger partial charge in [0.1, 0.15) is 5.75 Å². The van der Waals surface area contributed by atoms with Crippen LogP contribution < -0.4 is 10.1 Å². The Kier molecular flexibility index (Phi) is 5.90. The van der Waals surface area contributed by atoms with Crippen LogP contribution in [0.4, 0.5) is 5.69 Å². The normalized spacial score (nSPS) is 27.1. The fraction of sp³-hybridized carbons (Fsp3) is 0.520. The van der Waals surface area contributed by atoms with Crippen LogP contribution in [0, 0.1) is 11.8 Å². The molecule has 0 radical (unpaired) electrons. The average molecular weight is 427 g/mol. The minimum atomic E-state index is 0.196. The first kappa shape index (κ1) is 20.2. The smallest absolute Gasteiger partial charge is 0.119 e. The molecule has 2 fully saturated rings. The molecule has 2 saturated heterocycles. The number of hydrogen-bond acceptors (Lipinski definition) is 4. The lowest BCUT2D eigenvalue weighted by atomic mass is 9.73. The predicted molar refractivity (Wildman–Crippen MR) is 121 cm³/mol. The molecule has 1 N–H and O–H groups in total. The van der Waals surface area contributed by atoms with E-state index in [2.05, 4.69) is 40.5 Å². The van der Waals surface area contributed by atoms with Crippen molar-refractivity contribution in [2.45, 2.75) is 44.4 Å². The summed E-state index contributed by atoms with van der Waals surface area (Å²) in [6.07, 6.45) is 5.07. The Hall–Kier alpha value is -1.75. The topological polar surface area (TPSA) is 33.7 Å². The third-order valence-electron chi connectivity index (χ3n) is 7.18. The summed E-state index contributed by atoms with van der Waals surface area (Å²) < 4.78 is 11.8. The molecule has 3 aliphatic heterocycles. The van der Waals surface area contributed by atoms with Gasteiger partial charge in [-0.25, -0.2) is 0 Å². The lowest BCUT2D eigenvalue weighted by Crippen LogP contribution is -2.48. The van der Waals surface area contributed by atoms with E-state index < -0.39 is 0 Å². The van der Waals surface area contributed by atoms with Gasteiger partial charge in [-0.05, 0) is 80.6 Å². The summed E-state index contributed by atoms with van der Waals surface area (Å²) in [4.78, 5) is 2.58. The monoisotopic (exact) mass is 426 g/mol. The molecule has 5 rings (SSSR count). The summed E-state index contributed by atoms with van der Waals surface area (Å²) in [6, 6.07) is 15.2.